The molecule has 0 saturated carbocycles. The lowest BCUT2D eigenvalue weighted by Gasteiger charge is -2.40. The van der Waals surface area contributed by atoms with E-state index in [4.69, 9.17) is 4.74 Å². The van der Waals surface area contributed by atoms with Gasteiger partial charge in [0, 0.05) is 16.7 Å². The van der Waals surface area contributed by atoms with Gasteiger partial charge in [-0.1, -0.05) is 82.5 Å². The highest BCUT2D eigenvalue weighted by atomic mass is 16.5. The van der Waals surface area contributed by atoms with Crippen molar-refractivity contribution >= 4 is 17.7 Å². The standard InChI is InChI=1S/C26H32N2O2/c1-4-5-6-11-18-30-23-15-10-7-12-20(23)16-17-26-25(2,3)21-13-8-9-14-22(21)28(26)19-24(29)27-26/h7-10,12-17H,4-6,11,18-19H2,1-3H3,(H,27,29)/t26-/m1/s1. The van der Waals surface area contributed by atoms with Crippen LogP contribution in [0, 0.1) is 0 Å². The molecule has 0 aromatic heterocycles. The number of rotatable bonds is 8. The monoisotopic (exact) mass is 404 g/mol. The summed E-state index contributed by atoms with van der Waals surface area (Å²) in [6.45, 7) is 7.74. The minimum atomic E-state index is -0.581. The third-order valence-corrected chi connectivity index (χ3v) is 6.56. The van der Waals surface area contributed by atoms with Crippen molar-refractivity contribution in [2.45, 2.75) is 57.5 Å². The second-order valence-corrected chi connectivity index (χ2v) is 8.82. The van der Waals surface area contributed by atoms with Crippen LogP contribution in [0.25, 0.3) is 6.08 Å². The number of amides is 1. The summed E-state index contributed by atoms with van der Waals surface area (Å²) in [6, 6.07) is 16.5. The van der Waals surface area contributed by atoms with Crippen molar-refractivity contribution < 1.29 is 9.53 Å². The van der Waals surface area contributed by atoms with E-state index in [-0.39, 0.29) is 11.3 Å². The molecule has 30 heavy (non-hydrogen) atoms. The molecule has 2 aliphatic rings. The van der Waals surface area contributed by atoms with E-state index in [1.807, 2.05) is 24.3 Å². The van der Waals surface area contributed by atoms with Crippen LogP contribution < -0.4 is 15.0 Å². The predicted octanol–water partition coefficient (Wildman–Crippen LogP) is 5.28. The summed E-state index contributed by atoms with van der Waals surface area (Å²) in [5.74, 6) is 0.952. The van der Waals surface area contributed by atoms with Gasteiger partial charge in [0.15, 0.2) is 0 Å². The molecule has 1 N–H and O–H groups in total. The Balaban J connectivity index is 1.62. The highest BCUT2D eigenvalue weighted by Crippen LogP contribution is 2.52. The topological polar surface area (TPSA) is 41.6 Å². The summed E-state index contributed by atoms with van der Waals surface area (Å²) in [5, 5.41) is 3.28. The van der Waals surface area contributed by atoms with Crippen LogP contribution >= 0.6 is 0 Å². The number of hydrogen-bond donors (Lipinski definition) is 1. The van der Waals surface area contributed by atoms with Crippen LogP contribution in [0.5, 0.6) is 5.75 Å². The first kappa shape index (κ1) is 20.5. The van der Waals surface area contributed by atoms with Crippen LogP contribution in [0.4, 0.5) is 5.69 Å². The quantitative estimate of drug-likeness (QED) is 0.609. The summed E-state index contributed by atoms with van der Waals surface area (Å²) in [4.78, 5) is 14.7. The number of carbonyl (C=O) groups is 1. The molecule has 2 aromatic rings. The van der Waals surface area contributed by atoms with Crippen molar-refractivity contribution in [3.8, 4) is 5.75 Å². The molecule has 2 heterocycles. The third-order valence-electron chi connectivity index (χ3n) is 6.56. The van der Waals surface area contributed by atoms with Gasteiger partial charge < -0.3 is 15.0 Å². The number of anilines is 1. The van der Waals surface area contributed by atoms with Crippen molar-refractivity contribution in [2.24, 2.45) is 0 Å². The van der Waals surface area contributed by atoms with E-state index >= 15 is 0 Å². The Morgan fingerprint density at radius 3 is 2.67 bits per heavy atom. The van der Waals surface area contributed by atoms with E-state index in [0.29, 0.717) is 6.54 Å². The van der Waals surface area contributed by atoms with Crippen LogP contribution in [-0.2, 0) is 10.2 Å². The van der Waals surface area contributed by atoms with Crippen LogP contribution in [0.2, 0.25) is 0 Å². The maximum Gasteiger partial charge on any atom is 0.241 e. The number of nitrogens with one attached hydrogen (secondary N) is 1. The van der Waals surface area contributed by atoms with Gasteiger partial charge in [0.1, 0.15) is 11.4 Å². The molecule has 2 aromatic carbocycles. The molecule has 1 atom stereocenters. The molecule has 4 nitrogen and oxygen atoms in total. The molecule has 0 spiro atoms. The second kappa shape index (κ2) is 8.17. The Morgan fingerprint density at radius 2 is 1.83 bits per heavy atom. The van der Waals surface area contributed by atoms with Gasteiger partial charge in [-0.15, -0.1) is 0 Å². The summed E-state index contributed by atoms with van der Waals surface area (Å²) in [6.07, 6.45) is 9.00. The average molecular weight is 405 g/mol. The largest absolute Gasteiger partial charge is 0.493 e. The molecule has 0 unspecified atom stereocenters. The molecule has 0 radical (unpaired) electrons. The minimum Gasteiger partial charge on any atom is -0.493 e. The van der Waals surface area contributed by atoms with Gasteiger partial charge in [0.2, 0.25) is 5.91 Å². The fourth-order valence-corrected chi connectivity index (χ4v) is 4.81. The molecule has 2 aliphatic heterocycles. The first-order valence-electron chi connectivity index (χ1n) is 11.1. The number of ether oxygens (including phenoxy) is 1. The lowest BCUT2D eigenvalue weighted by Crippen LogP contribution is -2.58. The fourth-order valence-electron chi connectivity index (χ4n) is 4.81. The summed E-state index contributed by atoms with van der Waals surface area (Å²) < 4.78 is 6.09. The van der Waals surface area contributed by atoms with E-state index in [9.17, 15) is 4.79 Å². The second-order valence-electron chi connectivity index (χ2n) is 8.82. The minimum absolute atomic E-state index is 0.0580. The SMILES string of the molecule is CCCCCCOc1ccccc1C=C[C@@]12NC(=O)CN1c1ccccc1C2(C)C. The van der Waals surface area contributed by atoms with Gasteiger partial charge in [0.25, 0.3) is 0 Å². The first-order chi connectivity index (χ1) is 14.5. The number of carbonyl (C=O) groups excluding carboxylic acids is 1. The normalized spacial score (nSPS) is 21.6. The van der Waals surface area contributed by atoms with Crippen molar-refractivity contribution in [1.29, 1.82) is 0 Å². The zero-order chi connectivity index (χ0) is 21.2. The zero-order valence-corrected chi connectivity index (χ0v) is 18.3. The van der Waals surface area contributed by atoms with Crippen molar-refractivity contribution in [2.75, 3.05) is 18.1 Å². The Bertz CT molecular complexity index is 950. The number of hydrogen-bond acceptors (Lipinski definition) is 3. The molecule has 0 aliphatic carbocycles. The summed E-state index contributed by atoms with van der Waals surface area (Å²) in [5.41, 5.74) is 2.58. The maximum absolute atomic E-state index is 12.5. The van der Waals surface area contributed by atoms with Gasteiger partial charge >= 0.3 is 0 Å². The van der Waals surface area contributed by atoms with Gasteiger partial charge in [-0.05, 0) is 30.2 Å². The van der Waals surface area contributed by atoms with Crippen LogP contribution in [-0.4, -0.2) is 24.7 Å². The third kappa shape index (κ3) is 3.38. The molecule has 0 bridgehead atoms. The molecular formula is C26H32N2O2. The molecular weight excluding hydrogens is 372 g/mol. The Hall–Kier alpha value is -2.75. The van der Waals surface area contributed by atoms with Gasteiger partial charge in [-0.25, -0.2) is 0 Å². The van der Waals surface area contributed by atoms with Crippen molar-refractivity contribution in [3.05, 3.63) is 65.7 Å². The molecule has 158 valence electrons. The van der Waals surface area contributed by atoms with Crippen LogP contribution in [0.1, 0.15) is 57.6 Å². The van der Waals surface area contributed by atoms with E-state index in [1.165, 1.54) is 24.8 Å². The highest BCUT2D eigenvalue weighted by molar-refractivity contribution is 5.91. The average Bonchev–Trinajstić information content (AvgIpc) is 3.18. The van der Waals surface area contributed by atoms with Crippen LogP contribution in [0.15, 0.2) is 54.6 Å². The zero-order valence-electron chi connectivity index (χ0n) is 18.3. The number of nitrogens with zero attached hydrogens (tertiary/aromatic N) is 1. The first-order valence-corrected chi connectivity index (χ1v) is 11.1. The molecule has 1 saturated heterocycles. The smallest absolute Gasteiger partial charge is 0.241 e. The lowest BCUT2D eigenvalue weighted by atomic mass is 9.75. The Kier molecular flexibility index (Phi) is 5.59. The Labute approximate surface area is 179 Å². The molecule has 4 rings (SSSR count). The van der Waals surface area contributed by atoms with E-state index in [2.05, 4.69) is 67.4 Å². The fraction of sp³-hybridized carbons (Fsp3) is 0.423. The summed E-state index contributed by atoms with van der Waals surface area (Å²) >= 11 is 0. The maximum atomic E-state index is 12.5. The predicted molar refractivity (Wildman–Crippen MR) is 123 cm³/mol. The molecule has 4 heteroatoms. The Morgan fingerprint density at radius 1 is 1.07 bits per heavy atom. The number of benzene rings is 2. The highest BCUT2D eigenvalue weighted by Gasteiger charge is 2.59. The summed E-state index contributed by atoms with van der Waals surface area (Å²) in [7, 11) is 0. The van der Waals surface area contributed by atoms with E-state index in [1.54, 1.807) is 0 Å². The van der Waals surface area contributed by atoms with Crippen molar-refractivity contribution in [1.82, 2.24) is 5.32 Å². The number of fused-ring (bicyclic) bond motifs is 3. The molecule has 1 fully saturated rings. The van der Waals surface area contributed by atoms with Gasteiger partial charge in [0.05, 0.1) is 13.2 Å². The lowest BCUT2D eigenvalue weighted by molar-refractivity contribution is -0.118. The van der Waals surface area contributed by atoms with E-state index < -0.39 is 5.66 Å². The van der Waals surface area contributed by atoms with Crippen molar-refractivity contribution in [3.63, 3.8) is 0 Å². The van der Waals surface area contributed by atoms with Crippen LogP contribution in [0.3, 0.4) is 0 Å². The van der Waals surface area contributed by atoms with E-state index in [0.717, 1.165) is 30.0 Å². The van der Waals surface area contributed by atoms with Gasteiger partial charge in [-0.2, -0.15) is 0 Å². The number of para-hydroxylation sites is 2. The molecule has 1 amide bonds. The van der Waals surface area contributed by atoms with Gasteiger partial charge in [-0.3, -0.25) is 4.79 Å². The number of unbranched alkanes of at least 4 members (excludes halogenated alkanes) is 3.